The Morgan fingerprint density at radius 3 is 1.24 bits per heavy atom. The molecular weight excluding hydrogens is 953 g/mol. The number of rotatable bonds is 20. The number of carbonyl (C=O) groups excluding carboxylic acids is 4. The zero-order valence-corrected chi connectivity index (χ0v) is 49.3. The summed E-state index contributed by atoms with van der Waals surface area (Å²) < 4.78 is 10.8. The van der Waals surface area contributed by atoms with Crippen molar-refractivity contribution in [2.24, 2.45) is 69.0 Å². The molecule has 0 aromatic rings. The van der Waals surface area contributed by atoms with E-state index < -0.39 is 47.2 Å². The third-order valence-electron chi connectivity index (χ3n) is 20.0. The van der Waals surface area contributed by atoms with Gasteiger partial charge in [-0.3, -0.25) is 19.2 Å². The highest BCUT2D eigenvalue weighted by atomic mass is 16.5. The van der Waals surface area contributed by atoms with Gasteiger partial charge in [-0.1, -0.05) is 140 Å². The molecule has 0 heterocycles. The Balaban J connectivity index is 0.000000281. The molecule has 6 unspecified atom stereocenters. The Morgan fingerprint density at radius 2 is 0.908 bits per heavy atom. The van der Waals surface area contributed by atoms with Crippen LogP contribution in [0.4, 0.5) is 0 Å². The van der Waals surface area contributed by atoms with Crippen molar-refractivity contribution >= 4 is 23.5 Å². The molecule has 6 saturated carbocycles. The number of unbranched alkanes of at least 4 members (excludes halogenated alkanes) is 4. The lowest BCUT2D eigenvalue weighted by Crippen LogP contribution is -2.36. The Hall–Kier alpha value is -3.44. The van der Waals surface area contributed by atoms with E-state index in [-0.39, 0.29) is 46.1 Å². The van der Waals surface area contributed by atoms with E-state index in [9.17, 15) is 39.6 Å². The summed E-state index contributed by atoms with van der Waals surface area (Å²) in [6, 6.07) is 0. The highest BCUT2D eigenvalue weighted by molar-refractivity contribution is 6.09. The van der Waals surface area contributed by atoms with Crippen LogP contribution in [0.5, 0.6) is 0 Å². The van der Waals surface area contributed by atoms with Gasteiger partial charge in [0.05, 0.1) is 37.6 Å². The Labute approximate surface area is 459 Å². The standard InChI is InChI=1S/2C33H52O5/c2*1-7-8-9-19-38-31(37)32(4,5)30(36)17-12-22(2)26-15-16-27-25(11-10-18-33(26,27)6)14-13-24-20-28(34)23(3)29(35)21-24/h2*12-14,17,22-23,26-29,34-35H,7-11,15-16,18-21H2,1-6H3/b2*17-12+,24-13?,25-14+/t22?,23?,26-,27+,28-,29?,33?;22-,23?,26-,27+,28-,29?,33-/m11/s1. The summed E-state index contributed by atoms with van der Waals surface area (Å²) >= 11 is 0. The maximum atomic E-state index is 13.0. The molecule has 10 heteroatoms. The molecule has 0 aliphatic heterocycles. The van der Waals surface area contributed by atoms with E-state index in [1.54, 1.807) is 39.8 Å². The van der Waals surface area contributed by atoms with Crippen LogP contribution >= 0.6 is 0 Å². The Bertz CT molecular complexity index is 1980. The first-order chi connectivity index (χ1) is 35.8. The monoisotopic (exact) mass is 1060 g/mol. The molecule has 6 aliphatic rings. The number of carbonyl (C=O) groups is 4. The molecule has 6 rings (SSSR count). The van der Waals surface area contributed by atoms with Crippen molar-refractivity contribution in [3.63, 3.8) is 0 Å². The third kappa shape index (κ3) is 15.5. The van der Waals surface area contributed by atoms with Gasteiger partial charge in [0, 0.05) is 11.8 Å². The van der Waals surface area contributed by atoms with E-state index >= 15 is 0 Å². The van der Waals surface area contributed by atoms with Crippen molar-refractivity contribution < 1.29 is 49.1 Å². The highest BCUT2D eigenvalue weighted by Crippen LogP contribution is 2.61. The summed E-state index contributed by atoms with van der Waals surface area (Å²) in [5.74, 6) is 1.11. The van der Waals surface area contributed by atoms with E-state index in [4.69, 9.17) is 9.47 Å². The van der Waals surface area contributed by atoms with Crippen LogP contribution in [0.2, 0.25) is 0 Å². The fourth-order valence-electron chi connectivity index (χ4n) is 14.3. The lowest BCUT2D eigenvalue weighted by Gasteiger charge is -2.44. The average Bonchev–Trinajstić information content (AvgIpc) is 3.93. The van der Waals surface area contributed by atoms with Crippen molar-refractivity contribution in [3.05, 3.63) is 70.9 Å². The predicted octanol–water partition coefficient (Wildman–Crippen LogP) is 13.5. The van der Waals surface area contributed by atoms with Crippen molar-refractivity contribution in [2.45, 2.75) is 236 Å². The maximum Gasteiger partial charge on any atom is 0.319 e. The van der Waals surface area contributed by atoms with Crippen molar-refractivity contribution in [3.8, 4) is 0 Å². The highest BCUT2D eigenvalue weighted by Gasteiger charge is 2.52. The number of esters is 2. The fraction of sp³-hybridized carbons (Fsp3) is 0.758. The maximum absolute atomic E-state index is 13.0. The summed E-state index contributed by atoms with van der Waals surface area (Å²) in [6.07, 6.45) is 34.2. The third-order valence-corrected chi connectivity index (χ3v) is 20.0. The summed E-state index contributed by atoms with van der Waals surface area (Å²) in [4.78, 5) is 51.1. The summed E-state index contributed by atoms with van der Waals surface area (Å²) in [5.41, 5.74) is 3.30. The van der Waals surface area contributed by atoms with Crippen LogP contribution in [0.3, 0.4) is 0 Å². The molecule has 0 amide bonds. The molecule has 6 fully saturated rings. The molecule has 428 valence electrons. The molecule has 10 nitrogen and oxygen atoms in total. The molecule has 0 bridgehead atoms. The van der Waals surface area contributed by atoms with Gasteiger partial charge >= 0.3 is 11.9 Å². The zero-order valence-electron chi connectivity index (χ0n) is 49.3. The summed E-state index contributed by atoms with van der Waals surface area (Å²) in [7, 11) is 0. The van der Waals surface area contributed by atoms with E-state index in [1.165, 1.54) is 24.0 Å². The first kappa shape index (κ1) is 63.4. The molecular formula is C66H104O10. The van der Waals surface area contributed by atoms with Gasteiger partial charge in [0.15, 0.2) is 11.6 Å². The Morgan fingerprint density at radius 1 is 0.566 bits per heavy atom. The minimum absolute atomic E-state index is 0.0724. The van der Waals surface area contributed by atoms with Gasteiger partial charge in [-0.2, -0.15) is 0 Å². The molecule has 0 radical (unpaired) electrons. The van der Waals surface area contributed by atoms with Crippen LogP contribution in [0, 0.1) is 69.0 Å². The van der Waals surface area contributed by atoms with Crippen LogP contribution in [0.25, 0.3) is 0 Å². The molecule has 76 heavy (non-hydrogen) atoms. The van der Waals surface area contributed by atoms with Crippen LogP contribution in [0.15, 0.2) is 70.9 Å². The normalized spacial score (nSPS) is 35.0. The van der Waals surface area contributed by atoms with Crippen molar-refractivity contribution in [2.75, 3.05) is 13.2 Å². The minimum atomic E-state index is -1.17. The van der Waals surface area contributed by atoms with Gasteiger partial charge < -0.3 is 29.9 Å². The SMILES string of the molecule is CCCCCOC(=O)C(C)(C)C(=O)/C=C/C(C)[C@H]1CC[C@H]2/C(=C/C=C3CC(O)C(C)[C@H](O)C3)CCCC12C.CCCCCOC(=O)C(C)(C)C(=O)/C=C/[C@@H](C)[C@H]1CC[C@H]2/C(=C/C=C3CC(O)C(C)[C@H](O)C3)CCC[C@]12C. The van der Waals surface area contributed by atoms with Crippen molar-refractivity contribution in [1.29, 1.82) is 0 Å². The number of hydrogen-bond acceptors (Lipinski definition) is 10. The molecule has 14 atom stereocenters. The number of ether oxygens (including phenoxy) is 2. The van der Waals surface area contributed by atoms with Crippen LogP contribution in [0.1, 0.15) is 212 Å². The fourth-order valence-corrected chi connectivity index (χ4v) is 14.3. The lowest BCUT2D eigenvalue weighted by atomic mass is 9.61. The van der Waals surface area contributed by atoms with E-state index in [0.717, 1.165) is 101 Å². The molecule has 0 aromatic heterocycles. The Kier molecular flexibility index (Phi) is 23.5. The van der Waals surface area contributed by atoms with E-state index in [0.29, 0.717) is 62.6 Å². The second-order valence-electron chi connectivity index (χ2n) is 26.2. The van der Waals surface area contributed by atoms with E-state index in [2.05, 4.69) is 65.8 Å². The van der Waals surface area contributed by atoms with Crippen LogP contribution in [-0.4, -0.2) is 81.6 Å². The second kappa shape index (κ2) is 28.1. The number of allylic oxidation sites excluding steroid dienone is 10. The van der Waals surface area contributed by atoms with Crippen LogP contribution in [-0.2, 0) is 28.7 Å². The van der Waals surface area contributed by atoms with Gasteiger partial charge in [-0.05, 0) is 189 Å². The number of aliphatic hydroxyl groups is 4. The van der Waals surface area contributed by atoms with Gasteiger partial charge in [-0.15, -0.1) is 0 Å². The van der Waals surface area contributed by atoms with Crippen molar-refractivity contribution in [1.82, 2.24) is 0 Å². The predicted molar refractivity (Wildman–Crippen MR) is 305 cm³/mol. The molecule has 4 N–H and O–H groups in total. The lowest BCUT2D eigenvalue weighted by molar-refractivity contribution is -0.158. The quantitative estimate of drug-likeness (QED) is 0.0399. The van der Waals surface area contributed by atoms with Gasteiger partial charge in [0.2, 0.25) is 0 Å². The van der Waals surface area contributed by atoms with E-state index in [1.807, 2.05) is 26.0 Å². The summed E-state index contributed by atoms with van der Waals surface area (Å²) in [5, 5.41) is 41.2. The number of ketones is 2. The van der Waals surface area contributed by atoms with Crippen LogP contribution < -0.4 is 0 Å². The first-order valence-electron chi connectivity index (χ1n) is 30.1. The smallest absolute Gasteiger partial charge is 0.319 e. The summed E-state index contributed by atoms with van der Waals surface area (Å²) in [6.45, 7) is 24.7. The number of fused-ring (bicyclic) bond motifs is 2. The van der Waals surface area contributed by atoms with Gasteiger partial charge in [0.25, 0.3) is 0 Å². The molecule has 0 saturated heterocycles. The second-order valence-corrected chi connectivity index (χ2v) is 26.2. The molecule has 0 spiro atoms. The molecule has 6 aliphatic carbocycles. The largest absolute Gasteiger partial charge is 0.465 e. The number of aliphatic hydroxyl groups excluding tert-OH is 4. The van der Waals surface area contributed by atoms with Gasteiger partial charge in [-0.25, -0.2) is 0 Å². The van der Waals surface area contributed by atoms with Gasteiger partial charge in [0.1, 0.15) is 10.8 Å². The minimum Gasteiger partial charge on any atom is -0.465 e. The average molecular weight is 1060 g/mol. The molecule has 0 aromatic carbocycles. The number of hydrogen-bond donors (Lipinski definition) is 4. The first-order valence-corrected chi connectivity index (χ1v) is 30.1. The zero-order chi connectivity index (χ0) is 56.2. The topological polar surface area (TPSA) is 168 Å².